The molecule has 0 spiro atoms. The minimum Gasteiger partial charge on any atom is -0.368 e. The van der Waals surface area contributed by atoms with E-state index in [0.29, 0.717) is 11.9 Å². The second kappa shape index (κ2) is 4.08. The molecule has 74 valence electrons. The zero-order valence-electron chi connectivity index (χ0n) is 8.28. The summed E-state index contributed by atoms with van der Waals surface area (Å²) < 4.78 is 1.69. The molecule has 0 fully saturated rings. The Morgan fingerprint density at radius 2 is 2.23 bits per heavy atom. The van der Waals surface area contributed by atoms with Gasteiger partial charge in [-0.3, -0.25) is 0 Å². The molecule has 0 saturated heterocycles. The molecule has 6 heteroatoms. The van der Waals surface area contributed by atoms with Crippen LogP contribution in [-0.2, 0) is 6.54 Å². The fourth-order valence-electron chi connectivity index (χ4n) is 0.919. The lowest BCUT2D eigenvalue weighted by Crippen LogP contribution is -2.20. The second-order valence-electron chi connectivity index (χ2n) is 3.07. The molecule has 0 saturated carbocycles. The molecule has 0 aliphatic carbocycles. The van der Waals surface area contributed by atoms with Gasteiger partial charge in [0.05, 0.1) is 6.54 Å². The topological polar surface area (TPSA) is 72.0 Å². The molecule has 0 amide bonds. The Hall–Kier alpha value is -1.30. The van der Waals surface area contributed by atoms with Crippen LogP contribution in [0.3, 0.4) is 0 Å². The number of nitrogens with two attached hydrogens (primary N) is 1. The van der Waals surface area contributed by atoms with Gasteiger partial charge in [-0.25, -0.2) is 4.68 Å². The molecule has 0 aliphatic heterocycles. The summed E-state index contributed by atoms with van der Waals surface area (Å²) in [6, 6.07) is 0. The summed E-state index contributed by atoms with van der Waals surface area (Å²) in [4.78, 5) is 6.08. The largest absolute Gasteiger partial charge is 0.368 e. The summed E-state index contributed by atoms with van der Waals surface area (Å²) in [6.07, 6.45) is 0. The zero-order chi connectivity index (χ0) is 9.84. The first-order valence-electron chi connectivity index (χ1n) is 4.16. The van der Waals surface area contributed by atoms with Crippen LogP contribution in [0, 0.1) is 0 Å². The molecule has 1 rings (SSSR count). The third-order valence-electron chi connectivity index (χ3n) is 1.68. The second-order valence-corrected chi connectivity index (χ2v) is 3.07. The highest BCUT2D eigenvalue weighted by Gasteiger charge is 2.04. The molecule has 3 N–H and O–H groups in total. The van der Waals surface area contributed by atoms with Crippen LogP contribution in [0.4, 0.5) is 11.9 Å². The van der Waals surface area contributed by atoms with Gasteiger partial charge in [-0.15, -0.1) is 5.10 Å². The van der Waals surface area contributed by atoms with E-state index in [1.807, 2.05) is 14.1 Å². The highest BCUT2D eigenvalue weighted by atomic mass is 15.4. The lowest BCUT2D eigenvalue weighted by atomic mass is 10.6. The normalized spacial score (nSPS) is 10.8. The molecule has 6 nitrogen and oxygen atoms in total. The molecule has 0 atom stereocenters. The highest BCUT2D eigenvalue weighted by Crippen LogP contribution is 2.03. The number of nitrogens with one attached hydrogen (secondary N) is 1. The number of nitrogen functional groups attached to an aromatic ring is 1. The van der Waals surface area contributed by atoms with Crippen molar-refractivity contribution in [2.45, 2.75) is 6.54 Å². The molecule has 1 aromatic rings. The molecule has 0 bridgehead atoms. The van der Waals surface area contributed by atoms with E-state index >= 15 is 0 Å². The maximum Gasteiger partial charge on any atom is 0.243 e. The number of aromatic nitrogens is 3. The highest BCUT2D eigenvalue weighted by molar-refractivity contribution is 5.30. The van der Waals surface area contributed by atoms with E-state index in [1.54, 1.807) is 11.7 Å². The van der Waals surface area contributed by atoms with Crippen LogP contribution >= 0.6 is 0 Å². The molecular weight excluding hydrogens is 168 g/mol. The van der Waals surface area contributed by atoms with Gasteiger partial charge in [-0.1, -0.05) is 0 Å². The minimum absolute atomic E-state index is 0.450. The molecule has 0 unspecified atom stereocenters. The molecule has 1 aromatic heterocycles. The van der Waals surface area contributed by atoms with Crippen molar-refractivity contribution in [3.63, 3.8) is 0 Å². The predicted octanol–water partition coefficient (Wildman–Crippen LogP) is -0.536. The van der Waals surface area contributed by atoms with Gasteiger partial charge in [-0.05, 0) is 14.1 Å². The van der Waals surface area contributed by atoms with Gasteiger partial charge in [0.1, 0.15) is 0 Å². The first-order valence-corrected chi connectivity index (χ1v) is 4.16. The lowest BCUT2D eigenvalue weighted by molar-refractivity contribution is 0.375. The Balaban J connectivity index is 2.60. The predicted molar refractivity (Wildman–Crippen MR) is 52.5 cm³/mol. The standard InChI is InChI=1S/C7H16N6/c1-9-7-10-6(8)13(11-7)5-4-12(2)3/h4-5H2,1-3H3,(H3,8,9,10,11). The van der Waals surface area contributed by atoms with Gasteiger partial charge in [0, 0.05) is 13.6 Å². The third-order valence-corrected chi connectivity index (χ3v) is 1.68. The quantitative estimate of drug-likeness (QED) is 0.657. The van der Waals surface area contributed by atoms with Crippen molar-refractivity contribution in [1.82, 2.24) is 19.7 Å². The van der Waals surface area contributed by atoms with Crippen LogP contribution in [0.15, 0.2) is 0 Å². The first kappa shape index (κ1) is 9.79. The number of hydrogen-bond acceptors (Lipinski definition) is 5. The Labute approximate surface area is 77.7 Å². The average Bonchev–Trinajstić information content (AvgIpc) is 2.43. The number of likely N-dealkylation sites (N-methyl/N-ethyl adjacent to an activating group) is 1. The van der Waals surface area contributed by atoms with Gasteiger partial charge in [0.25, 0.3) is 0 Å². The fraction of sp³-hybridized carbons (Fsp3) is 0.714. The molecule has 13 heavy (non-hydrogen) atoms. The number of anilines is 2. The van der Waals surface area contributed by atoms with Gasteiger partial charge in [0.15, 0.2) is 0 Å². The van der Waals surface area contributed by atoms with Gasteiger partial charge in [0.2, 0.25) is 11.9 Å². The smallest absolute Gasteiger partial charge is 0.243 e. The Bertz CT molecular complexity index is 266. The van der Waals surface area contributed by atoms with E-state index in [4.69, 9.17) is 5.73 Å². The van der Waals surface area contributed by atoms with E-state index in [9.17, 15) is 0 Å². The molecular formula is C7H16N6. The maximum absolute atomic E-state index is 5.63. The molecule has 0 radical (unpaired) electrons. The molecule has 0 aromatic carbocycles. The molecule has 1 heterocycles. The minimum atomic E-state index is 0.450. The summed E-state index contributed by atoms with van der Waals surface area (Å²) in [5, 5.41) is 6.98. The van der Waals surface area contributed by atoms with Gasteiger partial charge < -0.3 is 16.0 Å². The van der Waals surface area contributed by atoms with Crippen molar-refractivity contribution in [2.24, 2.45) is 0 Å². The summed E-state index contributed by atoms with van der Waals surface area (Å²) in [7, 11) is 5.78. The van der Waals surface area contributed by atoms with Crippen molar-refractivity contribution < 1.29 is 0 Å². The number of nitrogens with zero attached hydrogens (tertiary/aromatic N) is 4. The van der Waals surface area contributed by atoms with E-state index in [2.05, 4.69) is 20.3 Å². The van der Waals surface area contributed by atoms with Crippen LogP contribution < -0.4 is 11.1 Å². The van der Waals surface area contributed by atoms with E-state index in [-0.39, 0.29) is 0 Å². The van der Waals surface area contributed by atoms with Gasteiger partial charge in [-0.2, -0.15) is 4.98 Å². The van der Waals surface area contributed by atoms with Crippen molar-refractivity contribution in [2.75, 3.05) is 38.7 Å². The average molecular weight is 184 g/mol. The lowest BCUT2D eigenvalue weighted by Gasteiger charge is -2.08. The van der Waals surface area contributed by atoms with Crippen molar-refractivity contribution in [1.29, 1.82) is 0 Å². The SMILES string of the molecule is CNc1nc(N)n(CCN(C)C)n1. The number of hydrogen-bond donors (Lipinski definition) is 2. The van der Waals surface area contributed by atoms with Crippen LogP contribution in [-0.4, -0.2) is 47.4 Å². The zero-order valence-corrected chi connectivity index (χ0v) is 8.28. The summed E-state index contributed by atoms with van der Waals surface area (Å²) >= 11 is 0. The van der Waals surface area contributed by atoms with Crippen LogP contribution in [0.2, 0.25) is 0 Å². The molecule has 0 aliphatic rings. The summed E-state index contributed by atoms with van der Waals surface area (Å²) in [5.74, 6) is 1.02. The van der Waals surface area contributed by atoms with Crippen LogP contribution in [0.25, 0.3) is 0 Å². The van der Waals surface area contributed by atoms with E-state index in [0.717, 1.165) is 13.1 Å². The van der Waals surface area contributed by atoms with Crippen LogP contribution in [0.1, 0.15) is 0 Å². The van der Waals surface area contributed by atoms with Crippen molar-refractivity contribution in [3.8, 4) is 0 Å². The van der Waals surface area contributed by atoms with Crippen LogP contribution in [0.5, 0.6) is 0 Å². The summed E-state index contributed by atoms with van der Waals surface area (Å²) in [5.41, 5.74) is 5.63. The first-order chi connectivity index (χ1) is 6.13. The summed E-state index contributed by atoms with van der Waals surface area (Å²) in [6.45, 7) is 1.66. The fourth-order valence-corrected chi connectivity index (χ4v) is 0.919. The van der Waals surface area contributed by atoms with Crippen molar-refractivity contribution >= 4 is 11.9 Å². The number of rotatable bonds is 4. The van der Waals surface area contributed by atoms with E-state index < -0.39 is 0 Å². The van der Waals surface area contributed by atoms with E-state index in [1.165, 1.54) is 0 Å². The Morgan fingerprint density at radius 1 is 1.54 bits per heavy atom. The third kappa shape index (κ3) is 2.59. The maximum atomic E-state index is 5.63. The Morgan fingerprint density at radius 3 is 2.69 bits per heavy atom. The van der Waals surface area contributed by atoms with Gasteiger partial charge >= 0.3 is 0 Å². The Kier molecular flexibility index (Phi) is 3.07. The monoisotopic (exact) mass is 184 g/mol. The van der Waals surface area contributed by atoms with Crippen molar-refractivity contribution in [3.05, 3.63) is 0 Å².